The topological polar surface area (TPSA) is 23.0 Å². The molecule has 0 aliphatic carbocycles. The maximum atomic E-state index is 10.6. The van der Waals surface area contributed by atoms with E-state index >= 15 is 0 Å². The second-order valence-electron chi connectivity index (χ2n) is 15.6. The number of aromatic nitrogens is 2. The Labute approximate surface area is 458 Å². The molecule has 328 valence electrons. The fraction of sp³-hybridized carbons (Fsp3) is 0. The van der Waals surface area contributed by atoms with Crippen molar-refractivity contribution in [2.45, 2.75) is 0 Å². The lowest BCUT2D eigenvalue weighted by Crippen LogP contribution is -2.74. The van der Waals surface area contributed by atoms with E-state index in [1.807, 2.05) is 0 Å². The van der Waals surface area contributed by atoms with Crippen LogP contribution < -0.4 is 20.7 Å². The number of rotatable bonds is 8. The molecule has 0 amide bonds. The molecule has 0 saturated carbocycles. The lowest BCUT2D eigenvalue weighted by molar-refractivity contribution is 0.669. The van der Waals surface area contributed by atoms with Gasteiger partial charge in [-0.1, -0.05) is 187 Å². The van der Waals surface area contributed by atoms with E-state index in [1.54, 1.807) is 36.4 Å². The monoisotopic (exact) mass is 946 g/mol. The number of furan rings is 1. The second-order valence-corrected chi connectivity index (χ2v) is 19.1. The van der Waals surface area contributed by atoms with Crippen LogP contribution in [-0.2, 0) is 0 Å². The van der Waals surface area contributed by atoms with Gasteiger partial charge in [-0.2, -0.15) is 0 Å². The van der Waals surface area contributed by atoms with Crippen molar-refractivity contribution in [2.75, 3.05) is 0 Å². The van der Waals surface area contributed by atoms with Crippen LogP contribution in [0.2, 0.25) is 0 Å². The number of fused-ring (bicyclic) bond motifs is 9. The number of para-hydroxylation sites is 3. The molecule has 0 radical (unpaired) electrons. The smallest absolute Gasteiger partial charge is 0.179 e. The van der Waals surface area contributed by atoms with Gasteiger partial charge < -0.3 is 13.6 Å². The van der Waals surface area contributed by atoms with E-state index in [1.165, 1.54) is 10.6 Å². The van der Waals surface area contributed by atoms with Crippen LogP contribution in [0.25, 0.3) is 99.2 Å². The third-order valence-corrected chi connectivity index (χ3v) is 15.9. The van der Waals surface area contributed by atoms with E-state index in [4.69, 9.17) is 22.2 Å². The normalized spacial score (nSPS) is 19.4. The van der Waals surface area contributed by atoms with Gasteiger partial charge in [-0.3, -0.25) is 0 Å². The molecule has 70 heavy (non-hydrogen) atoms. The lowest BCUT2D eigenvalue weighted by Gasteiger charge is -2.34. The zero-order chi connectivity index (χ0) is 78.4. The quantitative estimate of drug-likeness (QED) is 0.110. The van der Waals surface area contributed by atoms with Crippen LogP contribution in [0, 0.1) is 0 Å². The average molecular weight is 946 g/mol. The first-order valence-corrected chi connectivity index (χ1v) is 23.1. The van der Waals surface area contributed by atoms with Gasteiger partial charge in [0.25, 0.3) is 0 Å². The van der Waals surface area contributed by atoms with Gasteiger partial charge in [-0.15, -0.1) is 0 Å². The molecule has 0 bridgehead atoms. The Morgan fingerprint density at radius 1 is 0.314 bits per heavy atom. The Hall–Kier alpha value is -8.96. The van der Waals surface area contributed by atoms with Crippen molar-refractivity contribution in [3.05, 3.63) is 266 Å². The van der Waals surface area contributed by atoms with E-state index in [2.05, 4.69) is 0 Å². The maximum Gasteiger partial charge on any atom is 0.179 e. The first kappa shape index (κ1) is 17.8. The summed E-state index contributed by atoms with van der Waals surface area (Å²) in [6.45, 7) is 0. The molecule has 0 spiro atoms. The van der Waals surface area contributed by atoms with Crippen molar-refractivity contribution in [3.8, 4) is 33.6 Å². The fourth-order valence-electron chi connectivity index (χ4n) is 8.90. The lowest BCUT2D eigenvalue weighted by atomic mass is 9.97. The zero-order valence-electron chi connectivity index (χ0n) is 72.3. The SMILES string of the molecule is [2H]c1c([2H])c([2H])c([Si](c2c([2H])c([2H])c([2H])c([2H])c2[2H])(c2c([2H])c([2H])c([2H])c([2H])c2[2H])c2c([2H])c([2H])c([2H])c(-n3c4c([2H])c([2H])c([2H])c([2H])c4c4c([2H])c(-c5c([2H])c([2H])c([2H])c(-c6c([2H])c([2H])c7c(c6[2H])c6c([2H])c([2H])c([2H])c([2H])c6n7-c6ccc7oc8ccccc8c7c6)c5[2H])c([2H])c([2H])c43)c2[2H])c([2H])c1[2H]. The third kappa shape index (κ3) is 6.20. The molecule has 4 heteroatoms. The number of hydrogen-bond acceptors (Lipinski definition) is 1. The predicted octanol–water partition coefficient (Wildman–Crippen LogP) is 14.5. The molecule has 0 saturated heterocycles. The summed E-state index contributed by atoms with van der Waals surface area (Å²) in [5, 5.41) is -6.52. The van der Waals surface area contributed by atoms with E-state index in [0.717, 1.165) is 0 Å². The predicted molar refractivity (Wildman–Crippen MR) is 297 cm³/mol. The Morgan fingerprint density at radius 3 is 1.39 bits per heavy atom. The Bertz CT molecular complexity index is 6300. The molecule has 0 unspecified atom stereocenters. The van der Waals surface area contributed by atoms with Crippen molar-refractivity contribution in [3.63, 3.8) is 0 Å². The molecule has 3 aromatic heterocycles. The average Bonchev–Trinajstić information content (AvgIpc) is 1.57. The van der Waals surface area contributed by atoms with E-state index in [9.17, 15) is 32.9 Å². The van der Waals surface area contributed by atoms with E-state index < -0.39 is 308 Å². The van der Waals surface area contributed by atoms with Crippen LogP contribution in [0.4, 0.5) is 0 Å². The van der Waals surface area contributed by atoms with E-state index in [-0.39, 0.29) is 22.1 Å². The van der Waals surface area contributed by atoms with Crippen LogP contribution in [0.3, 0.4) is 0 Å². The standard InChI is InChI=1S/C66H44N2OSi/c1-4-21-51(22-5-1)70(52-23-6-2-7-24-52,53-25-8-3-9-26-53)54-27-17-20-49(43-54)67-61-31-13-10-28-55(61)58-41-47(34-37-63(58)67)45-18-16-19-46(40-45)48-35-38-64-59(42-48)56-29-11-14-32-62(56)68(64)50-36-39-66-60(44-50)57-30-12-15-33-65(57)69-66/h1-44H/i1D,2D,3D,4D,5D,6D,7D,8D,9D,10D,11D,13D,14D,16D,17D,18D,19D,20D,21D,22D,23D,24D,25D,26D,27D,28D,29D,31D,32D,34D,35D,37D,38D,40D,41D,42D,43D. The summed E-state index contributed by atoms with van der Waals surface area (Å²) in [4.78, 5) is 0. The second kappa shape index (κ2) is 16.1. The first-order valence-electron chi connectivity index (χ1n) is 39.6. The highest BCUT2D eigenvalue weighted by Gasteiger charge is 2.41. The van der Waals surface area contributed by atoms with Crippen molar-refractivity contribution in [2.24, 2.45) is 0 Å². The summed E-state index contributed by atoms with van der Waals surface area (Å²) in [6, 6.07) is -31.8. The van der Waals surface area contributed by atoms with Crippen LogP contribution in [0.1, 0.15) is 50.7 Å². The van der Waals surface area contributed by atoms with Gasteiger partial charge in [0.1, 0.15) is 11.2 Å². The summed E-state index contributed by atoms with van der Waals surface area (Å²) >= 11 is 0. The van der Waals surface area contributed by atoms with Crippen LogP contribution in [0.15, 0.2) is 270 Å². The summed E-state index contributed by atoms with van der Waals surface area (Å²) in [6.07, 6.45) is 0. The van der Waals surface area contributed by atoms with E-state index in [0.29, 0.717) is 26.5 Å². The van der Waals surface area contributed by atoms with Crippen molar-refractivity contribution in [1.29, 1.82) is 0 Å². The van der Waals surface area contributed by atoms with Gasteiger partial charge >= 0.3 is 0 Å². The first-order chi connectivity index (χ1) is 50.1. The number of nitrogens with zero attached hydrogens (tertiary/aromatic N) is 2. The van der Waals surface area contributed by atoms with Crippen molar-refractivity contribution in [1.82, 2.24) is 9.13 Å². The molecular weight excluding hydrogens is 865 g/mol. The zero-order valence-corrected chi connectivity index (χ0v) is 36.3. The highest BCUT2D eigenvalue weighted by Crippen LogP contribution is 2.39. The van der Waals surface area contributed by atoms with Gasteiger partial charge in [-0.25, -0.2) is 0 Å². The minimum atomic E-state index is -6.63. The highest BCUT2D eigenvalue weighted by atomic mass is 28.3. The minimum absolute atomic E-state index is 0.154. The van der Waals surface area contributed by atoms with Crippen LogP contribution >= 0.6 is 0 Å². The largest absolute Gasteiger partial charge is 0.456 e. The molecule has 0 aliphatic rings. The maximum absolute atomic E-state index is 10.6. The van der Waals surface area contributed by atoms with Crippen molar-refractivity contribution >= 4 is 94.4 Å². The summed E-state index contributed by atoms with van der Waals surface area (Å²) < 4.78 is 357. The Kier molecular flexibility index (Phi) is 4.10. The van der Waals surface area contributed by atoms with Gasteiger partial charge in [0, 0.05) is 43.7 Å². The molecule has 11 aromatic carbocycles. The minimum Gasteiger partial charge on any atom is -0.456 e. The molecule has 3 nitrogen and oxygen atoms in total. The molecule has 0 fully saturated rings. The number of benzene rings is 11. The molecule has 14 aromatic rings. The van der Waals surface area contributed by atoms with Gasteiger partial charge in [0.05, 0.1) is 72.8 Å². The Balaban J connectivity index is 1.14. The molecule has 0 atom stereocenters. The summed E-state index contributed by atoms with van der Waals surface area (Å²) in [7, 11) is -6.63. The third-order valence-electron chi connectivity index (χ3n) is 11.9. The summed E-state index contributed by atoms with van der Waals surface area (Å²) in [5.74, 6) is 0. The van der Waals surface area contributed by atoms with Crippen molar-refractivity contribution < 1.29 is 55.1 Å². The summed E-state index contributed by atoms with van der Waals surface area (Å²) in [5.41, 5.74) is -6.59. The highest BCUT2D eigenvalue weighted by molar-refractivity contribution is 7.19. The number of hydrogen-bond donors (Lipinski definition) is 0. The molecule has 0 N–H and O–H groups in total. The Morgan fingerprint density at radius 2 is 0.786 bits per heavy atom. The molecular formula is C66H44N2OSi. The van der Waals surface area contributed by atoms with Crippen LogP contribution in [0.5, 0.6) is 0 Å². The van der Waals surface area contributed by atoms with Gasteiger partial charge in [0.2, 0.25) is 0 Å². The molecule has 0 aliphatic heterocycles. The van der Waals surface area contributed by atoms with Gasteiger partial charge in [0.15, 0.2) is 8.07 Å². The molecule has 14 rings (SSSR count). The molecule has 3 heterocycles. The van der Waals surface area contributed by atoms with Gasteiger partial charge in [-0.05, 0) is 122 Å². The fourth-order valence-corrected chi connectivity index (χ4v) is 12.5. The van der Waals surface area contributed by atoms with Crippen LogP contribution in [-0.4, -0.2) is 17.2 Å².